The Balaban J connectivity index is 2.30. The molecular formula is C14H20N2O2. The predicted molar refractivity (Wildman–Crippen MR) is 71.4 cm³/mol. The standard InChI is InChI=1S/C14H20N2O2/c1-9-7-12-8-11(14(18)5-6-15)3-4-13(12)16(9)10(2)17/h3-4,8-9,14,18H,5-7,15H2,1-2H3. The molecule has 1 aromatic carbocycles. The molecule has 0 fully saturated rings. The van der Waals surface area contributed by atoms with Crippen LogP contribution in [0.2, 0.25) is 0 Å². The number of aliphatic hydroxyl groups is 1. The van der Waals surface area contributed by atoms with Crippen LogP contribution >= 0.6 is 0 Å². The van der Waals surface area contributed by atoms with Gasteiger partial charge < -0.3 is 15.7 Å². The molecule has 4 nitrogen and oxygen atoms in total. The molecule has 2 atom stereocenters. The van der Waals surface area contributed by atoms with E-state index in [-0.39, 0.29) is 11.9 Å². The lowest BCUT2D eigenvalue weighted by Gasteiger charge is -2.20. The summed E-state index contributed by atoms with van der Waals surface area (Å²) in [5.41, 5.74) is 8.44. The highest BCUT2D eigenvalue weighted by Gasteiger charge is 2.29. The number of nitrogens with zero attached hydrogens (tertiary/aromatic N) is 1. The van der Waals surface area contributed by atoms with E-state index in [1.807, 2.05) is 30.0 Å². The third-order valence-corrected chi connectivity index (χ3v) is 3.48. The molecule has 0 saturated carbocycles. The van der Waals surface area contributed by atoms with Crippen molar-refractivity contribution in [3.05, 3.63) is 29.3 Å². The van der Waals surface area contributed by atoms with Gasteiger partial charge in [0.05, 0.1) is 6.10 Å². The number of benzene rings is 1. The average molecular weight is 248 g/mol. The maximum atomic E-state index is 11.6. The molecule has 3 N–H and O–H groups in total. The summed E-state index contributed by atoms with van der Waals surface area (Å²) in [6.07, 6.45) is 0.894. The van der Waals surface area contributed by atoms with Gasteiger partial charge in [0.25, 0.3) is 0 Å². The number of hydrogen-bond donors (Lipinski definition) is 2. The summed E-state index contributed by atoms with van der Waals surface area (Å²) >= 11 is 0. The Labute approximate surface area is 107 Å². The van der Waals surface area contributed by atoms with Gasteiger partial charge in [-0.15, -0.1) is 0 Å². The van der Waals surface area contributed by atoms with Gasteiger partial charge in [0.15, 0.2) is 0 Å². The first-order valence-electron chi connectivity index (χ1n) is 6.35. The Morgan fingerprint density at radius 1 is 1.61 bits per heavy atom. The van der Waals surface area contributed by atoms with Crippen molar-refractivity contribution in [2.45, 2.75) is 38.8 Å². The van der Waals surface area contributed by atoms with Crippen molar-refractivity contribution >= 4 is 11.6 Å². The molecule has 0 spiro atoms. The van der Waals surface area contributed by atoms with Crippen LogP contribution in [0.4, 0.5) is 5.69 Å². The number of amides is 1. The van der Waals surface area contributed by atoms with Crippen molar-refractivity contribution in [3.63, 3.8) is 0 Å². The topological polar surface area (TPSA) is 66.6 Å². The van der Waals surface area contributed by atoms with Crippen molar-refractivity contribution in [1.29, 1.82) is 0 Å². The number of hydrogen-bond acceptors (Lipinski definition) is 3. The smallest absolute Gasteiger partial charge is 0.224 e. The van der Waals surface area contributed by atoms with Gasteiger partial charge in [-0.25, -0.2) is 0 Å². The number of fused-ring (bicyclic) bond motifs is 1. The maximum Gasteiger partial charge on any atom is 0.224 e. The second kappa shape index (κ2) is 5.08. The Kier molecular flexibility index (Phi) is 3.68. The molecule has 4 heteroatoms. The van der Waals surface area contributed by atoms with E-state index in [1.54, 1.807) is 6.92 Å². The minimum absolute atomic E-state index is 0.0662. The highest BCUT2D eigenvalue weighted by molar-refractivity contribution is 5.94. The maximum absolute atomic E-state index is 11.6. The first-order chi connectivity index (χ1) is 8.54. The van der Waals surface area contributed by atoms with Crippen LogP contribution in [-0.2, 0) is 11.2 Å². The zero-order valence-electron chi connectivity index (χ0n) is 10.9. The molecule has 98 valence electrons. The molecular weight excluding hydrogens is 228 g/mol. The SMILES string of the molecule is CC(=O)N1c2ccc(C(O)CCN)cc2CC1C. The molecule has 0 radical (unpaired) electrons. The number of aliphatic hydroxyl groups excluding tert-OH is 1. The number of rotatable bonds is 3. The van der Waals surface area contributed by atoms with Crippen molar-refractivity contribution in [3.8, 4) is 0 Å². The lowest BCUT2D eigenvalue weighted by atomic mass is 10.0. The van der Waals surface area contributed by atoms with Gasteiger partial charge in [-0.2, -0.15) is 0 Å². The monoisotopic (exact) mass is 248 g/mol. The number of carbonyl (C=O) groups is 1. The van der Waals surface area contributed by atoms with Crippen LogP contribution in [0, 0.1) is 0 Å². The number of carbonyl (C=O) groups excluding carboxylic acids is 1. The summed E-state index contributed by atoms with van der Waals surface area (Å²) in [4.78, 5) is 13.4. The van der Waals surface area contributed by atoms with E-state index in [1.165, 1.54) is 0 Å². The lowest BCUT2D eigenvalue weighted by molar-refractivity contribution is -0.116. The molecule has 1 aliphatic rings. The fourth-order valence-corrected chi connectivity index (χ4v) is 2.66. The summed E-state index contributed by atoms with van der Waals surface area (Å²) in [6.45, 7) is 4.09. The van der Waals surface area contributed by atoms with Crippen LogP contribution in [0.25, 0.3) is 0 Å². The van der Waals surface area contributed by atoms with Crippen LogP contribution in [0.5, 0.6) is 0 Å². The van der Waals surface area contributed by atoms with Crippen LogP contribution in [0.15, 0.2) is 18.2 Å². The molecule has 0 bridgehead atoms. The van der Waals surface area contributed by atoms with Gasteiger partial charge in [-0.1, -0.05) is 12.1 Å². The average Bonchev–Trinajstić information content (AvgIpc) is 2.63. The summed E-state index contributed by atoms with van der Waals surface area (Å²) in [7, 11) is 0. The molecule has 18 heavy (non-hydrogen) atoms. The van der Waals surface area contributed by atoms with Gasteiger partial charge in [0.2, 0.25) is 5.91 Å². The van der Waals surface area contributed by atoms with E-state index in [0.717, 1.165) is 23.2 Å². The lowest BCUT2D eigenvalue weighted by Crippen LogP contribution is -2.33. The number of anilines is 1. The Morgan fingerprint density at radius 2 is 2.33 bits per heavy atom. The molecule has 1 aliphatic heterocycles. The van der Waals surface area contributed by atoms with Gasteiger partial charge in [-0.05, 0) is 43.5 Å². The normalized spacial score (nSPS) is 19.8. The third-order valence-electron chi connectivity index (χ3n) is 3.48. The number of nitrogens with two attached hydrogens (primary N) is 1. The predicted octanol–water partition coefficient (Wildman–Crippen LogP) is 1.37. The highest BCUT2D eigenvalue weighted by atomic mass is 16.3. The molecule has 2 rings (SSSR count). The van der Waals surface area contributed by atoms with Gasteiger partial charge >= 0.3 is 0 Å². The van der Waals surface area contributed by atoms with E-state index in [9.17, 15) is 9.90 Å². The highest BCUT2D eigenvalue weighted by Crippen LogP contribution is 2.34. The van der Waals surface area contributed by atoms with Crippen LogP contribution in [0.1, 0.15) is 37.5 Å². The van der Waals surface area contributed by atoms with E-state index < -0.39 is 6.10 Å². The zero-order chi connectivity index (χ0) is 13.3. The van der Waals surface area contributed by atoms with Gasteiger partial charge in [0, 0.05) is 18.7 Å². The minimum Gasteiger partial charge on any atom is -0.388 e. The Morgan fingerprint density at radius 3 is 2.94 bits per heavy atom. The van der Waals surface area contributed by atoms with Crippen LogP contribution in [-0.4, -0.2) is 23.6 Å². The van der Waals surface area contributed by atoms with Crippen molar-refractivity contribution in [2.75, 3.05) is 11.4 Å². The van der Waals surface area contributed by atoms with E-state index in [4.69, 9.17) is 5.73 Å². The van der Waals surface area contributed by atoms with Gasteiger partial charge in [0.1, 0.15) is 0 Å². The minimum atomic E-state index is -0.512. The summed E-state index contributed by atoms with van der Waals surface area (Å²) in [5.74, 6) is 0.0662. The summed E-state index contributed by atoms with van der Waals surface area (Å²) in [5, 5.41) is 9.93. The Bertz CT molecular complexity index is 459. The Hall–Kier alpha value is -1.39. The second-order valence-corrected chi connectivity index (χ2v) is 4.92. The summed E-state index contributed by atoms with van der Waals surface area (Å²) < 4.78 is 0. The van der Waals surface area contributed by atoms with E-state index in [0.29, 0.717) is 13.0 Å². The fraction of sp³-hybridized carbons (Fsp3) is 0.500. The molecule has 0 aromatic heterocycles. The summed E-state index contributed by atoms with van der Waals surface area (Å²) in [6, 6.07) is 6.00. The largest absolute Gasteiger partial charge is 0.388 e. The second-order valence-electron chi connectivity index (χ2n) is 4.92. The molecule has 1 heterocycles. The van der Waals surface area contributed by atoms with Crippen molar-refractivity contribution in [1.82, 2.24) is 0 Å². The van der Waals surface area contributed by atoms with Crippen LogP contribution in [0.3, 0.4) is 0 Å². The fourth-order valence-electron chi connectivity index (χ4n) is 2.66. The van der Waals surface area contributed by atoms with Gasteiger partial charge in [-0.3, -0.25) is 4.79 Å². The molecule has 2 unspecified atom stereocenters. The van der Waals surface area contributed by atoms with Crippen LogP contribution < -0.4 is 10.6 Å². The zero-order valence-corrected chi connectivity index (χ0v) is 10.9. The van der Waals surface area contributed by atoms with E-state index >= 15 is 0 Å². The van der Waals surface area contributed by atoms with Crippen molar-refractivity contribution < 1.29 is 9.90 Å². The third kappa shape index (κ3) is 2.26. The first-order valence-corrected chi connectivity index (χ1v) is 6.35. The van der Waals surface area contributed by atoms with E-state index in [2.05, 4.69) is 0 Å². The molecule has 0 aliphatic carbocycles. The first kappa shape index (κ1) is 13.1. The van der Waals surface area contributed by atoms with Crippen molar-refractivity contribution in [2.24, 2.45) is 5.73 Å². The quantitative estimate of drug-likeness (QED) is 0.849. The molecule has 1 amide bonds. The molecule has 1 aromatic rings. The molecule has 0 saturated heterocycles.